The van der Waals surface area contributed by atoms with Crippen molar-refractivity contribution >= 4 is 39.2 Å². The Morgan fingerprint density at radius 1 is 0.804 bits per heavy atom. The molecule has 1 N–H and O–H groups in total. The molecule has 51 heavy (non-hydrogen) atoms. The topological polar surface area (TPSA) is 138 Å². The zero-order valence-electron chi connectivity index (χ0n) is 31.3. The molecule has 3 saturated carbocycles. The van der Waals surface area contributed by atoms with Gasteiger partial charge in [-0.1, -0.05) is 78.1 Å². The molecule has 5 atom stereocenters. The van der Waals surface area contributed by atoms with Crippen molar-refractivity contribution < 1.29 is 32.4 Å². The van der Waals surface area contributed by atoms with Crippen LogP contribution in [0.1, 0.15) is 149 Å². The van der Waals surface area contributed by atoms with E-state index in [1.54, 1.807) is 9.21 Å². The quantitative estimate of drug-likeness (QED) is 0.283. The number of hydrogen-bond donors (Lipinski definition) is 1. The summed E-state index contributed by atoms with van der Waals surface area (Å²) in [4.78, 5) is 71.0. The zero-order valence-corrected chi connectivity index (χ0v) is 32.1. The minimum Gasteiger partial charge on any atom is -0.347 e. The highest BCUT2D eigenvalue weighted by molar-refractivity contribution is 7.89. The third-order valence-corrected chi connectivity index (χ3v) is 15.8. The first-order valence-electron chi connectivity index (χ1n) is 20.5. The highest BCUT2D eigenvalue weighted by atomic mass is 32.2. The van der Waals surface area contributed by atoms with Crippen molar-refractivity contribution in [3.05, 3.63) is 0 Å². The van der Waals surface area contributed by atoms with Crippen molar-refractivity contribution in [1.82, 2.24) is 14.5 Å². The lowest BCUT2D eigenvalue weighted by molar-refractivity contribution is -0.146. The molecule has 3 saturated heterocycles. The number of fused-ring (bicyclic) bond motifs is 3. The monoisotopic (exact) mass is 729 g/mol. The van der Waals surface area contributed by atoms with E-state index >= 15 is 0 Å². The summed E-state index contributed by atoms with van der Waals surface area (Å²) in [5.41, 5.74) is -0.691. The number of Topliss-reactive ketones (excluding diaryl/α,β-unsaturated/α-hetero) is 3. The number of nitrogens with one attached hydrogen (secondary N) is 1. The van der Waals surface area contributed by atoms with E-state index in [0.717, 1.165) is 89.9 Å². The zero-order chi connectivity index (χ0) is 36.4. The predicted molar refractivity (Wildman–Crippen MR) is 195 cm³/mol. The van der Waals surface area contributed by atoms with E-state index < -0.39 is 45.0 Å². The average Bonchev–Trinajstić information content (AvgIpc) is 3.76. The Kier molecular flexibility index (Phi) is 12.2. The van der Waals surface area contributed by atoms with E-state index in [9.17, 15) is 32.4 Å². The molecule has 0 unspecified atom stereocenters. The summed E-state index contributed by atoms with van der Waals surface area (Å²) in [6, 6.07) is -0.596. The van der Waals surface area contributed by atoms with Gasteiger partial charge >= 0.3 is 0 Å². The number of amides is 2. The lowest BCUT2D eigenvalue weighted by atomic mass is 9.71. The third kappa shape index (κ3) is 9.15. The number of rotatable bonds is 10. The molecule has 6 fully saturated rings. The van der Waals surface area contributed by atoms with Crippen LogP contribution in [0.15, 0.2) is 0 Å². The fourth-order valence-electron chi connectivity index (χ4n) is 10.3. The molecule has 0 aromatic carbocycles. The van der Waals surface area contributed by atoms with Crippen molar-refractivity contribution in [3.63, 3.8) is 0 Å². The Hall–Kier alpha value is -2.14. The molecule has 0 aromatic heterocycles. The van der Waals surface area contributed by atoms with Crippen molar-refractivity contribution in [2.24, 2.45) is 34.5 Å². The molecule has 10 nitrogen and oxygen atoms in total. The van der Waals surface area contributed by atoms with Crippen LogP contribution >= 0.6 is 0 Å². The Morgan fingerprint density at radius 2 is 1.41 bits per heavy atom. The van der Waals surface area contributed by atoms with Crippen LogP contribution in [0.3, 0.4) is 0 Å². The van der Waals surface area contributed by atoms with Crippen LogP contribution in [0.5, 0.6) is 0 Å². The number of carbonyl (C=O) groups excluding carboxylic acids is 5. The number of carbonyl (C=O) groups is 5. The van der Waals surface area contributed by atoms with Gasteiger partial charge in [-0.15, -0.1) is 0 Å². The second-order valence-corrected chi connectivity index (χ2v) is 19.9. The molecular formula is C40H63N3O7S. The molecule has 0 aromatic rings. The Morgan fingerprint density at radius 3 is 2.06 bits per heavy atom. The Labute approximate surface area is 306 Å². The first-order chi connectivity index (χ1) is 24.3. The van der Waals surface area contributed by atoms with Crippen molar-refractivity contribution in [2.45, 2.75) is 161 Å². The maximum absolute atomic E-state index is 14.6. The largest absolute Gasteiger partial charge is 0.347 e. The second-order valence-electron chi connectivity index (χ2n) is 18.0. The summed E-state index contributed by atoms with van der Waals surface area (Å²) >= 11 is 0. The van der Waals surface area contributed by atoms with Crippen molar-refractivity contribution in [3.8, 4) is 0 Å². The molecule has 3 heterocycles. The van der Waals surface area contributed by atoms with Crippen molar-refractivity contribution in [2.75, 3.05) is 25.4 Å². The van der Waals surface area contributed by atoms with E-state index in [1.807, 2.05) is 0 Å². The van der Waals surface area contributed by atoms with E-state index in [-0.39, 0.29) is 65.8 Å². The van der Waals surface area contributed by atoms with Gasteiger partial charge in [0, 0.05) is 56.8 Å². The van der Waals surface area contributed by atoms with Gasteiger partial charge < -0.3 is 10.2 Å². The average molecular weight is 730 g/mol. The van der Waals surface area contributed by atoms with Gasteiger partial charge in [0.05, 0.1) is 11.8 Å². The number of hydrogen-bond acceptors (Lipinski definition) is 7. The Bertz CT molecular complexity index is 1430. The molecule has 0 bridgehead atoms. The first kappa shape index (κ1) is 38.6. The highest BCUT2D eigenvalue weighted by Crippen LogP contribution is 2.65. The van der Waals surface area contributed by atoms with Crippen LogP contribution < -0.4 is 5.32 Å². The molecule has 286 valence electrons. The second kappa shape index (κ2) is 16.1. The number of nitrogens with zero attached hydrogens (tertiary/aromatic N) is 2. The normalized spacial score (nSPS) is 32.2. The molecule has 0 radical (unpaired) electrons. The summed E-state index contributed by atoms with van der Waals surface area (Å²) in [7, 11) is -3.48. The minimum atomic E-state index is -3.48. The summed E-state index contributed by atoms with van der Waals surface area (Å²) < 4.78 is 28.6. The number of ketones is 3. The lowest BCUT2D eigenvalue weighted by Gasteiger charge is -2.38. The molecular weight excluding hydrogens is 667 g/mol. The van der Waals surface area contributed by atoms with Crippen LogP contribution in [-0.2, 0) is 34.0 Å². The lowest BCUT2D eigenvalue weighted by Crippen LogP contribution is -2.49. The Balaban J connectivity index is 1.20. The predicted octanol–water partition coefficient (Wildman–Crippen LogP) is 5.76. The molecule has 2 amide bonds. The van der Waals surface area contributed by atoms with Gasteiger partial charge in [-0.2, -0.15) is 0 Å². The fourth-order valence-corrected chi connectivity index (χ4v) is 12.5. The first-order valence-corrected chi connectivity index (χ1v) is 22.1. The van der Waals surface area contributed by atoms with Gasteiger partial charge in [-0.05, 0) is 74.0 Å². The molecule has 6 rings (SSSR count). The number of piperidine rings is 1. The van der Waals surface area contributed by atoms with Crippen LogP contribution in [0, 0.1) is 34.5 Å². The summed E-state index contributed by atoms with van der Waals surface area (Å²) in [5, 5.41) is 2.82. The van der Waals surface area contributed by atoms with Crippen LogP contribution in [0.25, 0.3) is 0 Å². The SMILES string of the molecule is CC1(C)[C@@H]2[C@H]3C(=O)C[C@H](C(=O)C(=O)NC4CC4)CCCCCCCCC[C@H](CC(=O)CC4(CS(=O)(=O)N5CCCC5)CCCCC4)C(=O)N3C[C@@H]21. The minimum absolute atomic E-state index is 0.00142. The van der Waals surface area contributed by atoms with E-state index in [0.29, 0.717) is 45.3 Å². The van der Waals surface area contributed by atoms with Crippen LogP contribution in [-0.4, -0.2) is 84.3 Å². The van der Waals surface area contributed by atoms with Crippen LogP contribution in [0.4, 0.5) is 0 Å². The van der Waals surface area contributed by atoms with Gasteiger partial charge in [0.25, 0.3) is 5.91 Å². The van der Waals surface area contributed by atoms with Gasteiger partial charge in [0.1, 0.15) is 5.78 Å². The fraction of sp³-hybridized carbons (Fsp3) is 0.875. The van der Waals surface area contributed by atoms with Crippen LogP contribution in [0.2, 0.25) is 0 Å². The number of sulfonamides is 1. The molecule has 3 aliphatic carbocycles. The van der Waals surface area contributed by atoms with Gasteiger partial charge in [0.2, 0.25) is 21.7 Å². The van der Waals surface area contributed by atoms with E-state index in [1.165, 1.54) is 0 Å². The van der Waals surface area contributed by atoms with E-state index in [2.05, 4.69) is 19.2 Å². The molecule has 11 heteroatoms. The molecule has 6 aliphatic rings. The van der Waals surface area contributed by atoms with E-state index in [4.69, 9.17) is 0 Å². The van der Waals surface area contributed by atoms with Gasteiger partial charge in [0.15, 0.2) is 5.78 Å². The van der Waals surface area contributed by atoms with Crippen molar-refractivity contribution in [1.29, 1.82) is 0 Å². The van der Waals surface area contributed by atoms with Gasteiger partial charge in [-0.3, -0.25) is 24.0 Å². The molecule has 0 spiro atoms. The molecule has 3 aliphatic heterocycles. The highest BCUT2D eigenvalue weighted by Gasteiger charge is 2.69. The summed E-state index contributed by atoms with van der Waals surface area (Å²) in [6.45, 7) is 5.86. The van der Waals surface area contributed by atoms with Gasteiger partial charge in [-0.25, -0.2) is 12.7 Å². The maximum atomic E-state index is 14.6. The third-order valence-electron chi connectivity index (χ3n) is 13.6. The smallest absolute Gasteiger partial charge is 0.287 e. The summed E-state index contributed by atoms with van der Waals surface area (Å²) in [6.07, 6.45) is 15.7. The maximum Gasteiger partial charge on any atom is 0.287 e. The standard InChI is InChI=1S/C40H63N3O7S/c1-39(2)32-26-43-35(34(32)39)33(45)24-28(36(46)37(47)41-30-17-18-30)15-9-6-4-3-5-7-10-16-29(38(43)48)23-31(44)25-40(19-11-8-12-20-40)27-51(49,50)42-21-13-14-22-42/h28-30,32,34-35H,3-27H2,1-2H3,(H,41,47)/t28-,29-,32+,34+,35-/m1/s1. The summed E-state index contributed by atoms with van der Waals surface area (Å²) in [5.74, 6) is -2.48.